The van der Waals surface area contributed by atoms with Crippen molar-refractivity contribution < 1.29 is 22.7 Å². The van der Waals surface area contributed by atoms with Gasteiger partial charge in [0.05, 0.1) is 27.7 Å². The number of aryl methyl sites for hydroxylation is 1. The molecule has 226 valence electrons. The zero-order chi connectivity index (χ0) is 31.2. The van der Waals surface area contributed by atoms with Crippen LogP contribution in [-0.4, -0.2) is 50.4 Å². The summed E-state index contributed by atoms with van der Waals surface area (Å²) in [5.74, 6) is -0.662. The first-order valence-electron chi connectivity index (χ1n) is 13.5. The number of carbonyl (C=O) groups is 2. The molecule has 1 N–H and O–H groups in total. The number of anilines is 1. The zero-order valence-electron chi connectivity index (χ0n) is 24.6. The Labute approximate surface area is 258 Å². The van der Waals surface area contributed by atoms with Crippen LogP contribution in [-0.2, 0) is 26.2 Å². The molecule has 0 heterocycles. The number of hydrogen-bond acceptors (Lipinski definition) is 5. The lowest BCUT2D eigenvalue weighted by atomic mass is 10.1. The average molecular weight is 635 g/mol. The molecular formula is C31H37Cl2N3O5S. The smallest absolute Gasteiger partial charge is 0.264 e. The Morgan fingerprint density at radius 2 is 1.64 bits per heavy atom. The lowest BCUT2D eigenvalue weighted by Crippen LogP contribution is -2.55. The minimum Gasteiger partial charge on any atom is -0.495 e. The number of hydrogen-bond donors (Lipinski definition) is 1. The van der Waals surface area contributed by atoms with Gasteiger partial charge >= 0.3 is 0 Å². The van der Waals surface area contributed by atoms with Crippen molar-refractivity contribution in [3.8, 4) is 5.75 Å². The van der Waals surface area contributed by atoms with Crippen molar-refractivity contribution in [1.29, 1.82) is 0 Å². The fourth-order valence-corrected chi connectivity index (χ4v) is 6.19. The van der Waals surface area contributed by atoms with Gasteiger partial charge in [0.2, 0.25) is 11.8 Å². The van der Waals surface area contributed by atoms with E-state index in [-0.39, 0.29) is 35.2 Å². The normalized spacial score (nSPS) is 12.4. The van der Waals surface area contributed by atoms with E-state index >= 15 is 0 Å². The van der Waals surface area contributed by atoms with Crippen molar-refractivity contribution >= 4 is 50.7 Å². The molecule has 42 heavy (non-hydrogen) atoms. The van der Waals surface area contributed by atoms with Crippen LogP contribution in [0.3, 0.4) is 0 Å². The molecule has 0 radical (unpaired) electrons. The largest absolute Gasteiger partial charge is 0.495 e. The summed E-state index contributed by atoms with van der Waals surface area (Å²) in [5.41, 5.74) is 1.05. The van der Waals surface area contributed by atoms with Gasteiger partial charge in [0, 0.05) is 12.1 Å². The number of nitrogens with one attached hydrogen (secondary N) is 1. The molecule has 1 atom stereocenters. The van der Waals surface area contributed by atoms with Crippen LogP contribution in [0.25, 0.3) is 0 Å². The topological polar surface area (TPSA) is 96.0 Å². The van der Waals surface area contributed by atoms with Crippen LogP contribution in [0.1, 0.15) is 45.2 Å². The van der Waals surface area contributed by atoms with E-state index in [9.17, 15) is 18.0 Å². The molecule has 0 unspecified atom stereocenters. The summed E-state index contributed by atoms with van der Waals surface area (Å²) in [5, 5.41) is 3.59. The Morgan fingerprint density at radius 3 is 2.21 bits per heavy atom. The molecule has 3 aromatic rings. The van der Waals surface area contributed by atoms with Crippen molar-refractivity contribution in [3.05, 3.63) is 87.9 Å². The summed E-state index contributed by atoms with van der Waals surface area (Å²) >= 11 is 12.4. The van der Waals surface area contributed by atoms with E-state index < -0.39 is 34.1 Å². The first kappa shape index (κ1) is 33.2. The molecule has 0 aliphatic rings. The molecule has 2 amide bonds. The van der Waals surface area contributed by atoms with Gasteiger partial charge < -0.3 is 15.0 Å². The lowest BCUT2D eigenvalue weighted by Gasteiger charge is -2.35. The van der Waals surface area contributed by atoms with Gasteiger partial charge in [-0.2, -0.15) is 0 Å². The molecule has 0 aliphatic heterocycles. The van der Waals surface area contributed by atoms with Gasteiger partial charge in [-0.3, -0.25) is 13.9 Å². The van der Waals surface area contributed by atoms with E-state index in [0.29, 0.717) is 15.6 Å². The van der Waals surface area contributed by atoms with Crippen LogP contribution >= 0.6 is 23.2 Å². The molecule has 0 saturated heterocycles. The maximum absolute atomic E-state index is 14.3. The molecule has 3 aromatic carbocycles. The molecule has 0 saturated carbocycles. The van der Waals surface area contributed by atoms with E-state index in [1.165, 1.54) is 24.1 Å². The van der Waals surface area contributed by atoms with Crippen molar-refractivity contribution in [2.45, 2.75) is 64.1 Å². The highest BCUT2D eigenvalue weighted by atomic mass is 35.5. The first-order chi connectivity index (χ1) is 19.7. The highest BCUT2D eigenvalue weighted by Gasteiger charge is 2.35. The van der Waals surface area contributed by atoms with E-state index in [1.54, 1.807) is 61.5 Å². The van der Waals surface area contributed by atoms with Crippen LogP contribution in [0.15, 0.2) is 71.6 Å². The maximum atomic E-state index is 14.3. The number of nitrogens with zero attached hydrogens (tertiary/aromatic N) is 2. The third-order valence-electron chi connectivity index (χ3n) is 6.43. The predicted octanol–water partition coefficient (Wildman–Crippen LogP) is 6.23. The van der Waals surface area contributed by atoms with Gasteiger partial charge in [-0.15, -0.1) is 0 Å². The van der Waals surface area contributed by atoms with Gasteiger partial charge in [-0.05, 0) is 81.6 Å². The van der Waals surface area contributed by atoms with Gasteiger partial charge in [0.1, 0.15) is 18.3 Å². The molecule has 8 nitrogen and oxygen atoms in total. The number of benzene rings is 3. The fourth-order valence-electron chi connectivity index (χ4n) is 4.44. The predicted molar refractivity (Wildman–Crippen MR) is 168 cm³/mol. The van der Waals surface area contributed by atoms with E-state index in [2.05, 4.69) is 5.32 Å². The van der Waals surface area contributed by atoms with Crippen molar-refractivity contribution in [3.63, 3.8) is 0 Å². The lowest BCUT2D eigenvalue weighted by molar-refractivity contribution is -0.141. The molecule has 0 aliphatic carbocycles. The van der Waals surface area contributed by atoms with E-state index in [1.807, 2.05) is 27.7 Å². The summed E-state index contributed by atoms with van der Waals surface area (Å²) < 4.78 is 34.7. The van der Waals surface area contributed by atoms with E-state index in [4.69, 9.17) is 27.9 Å². The summed E-state index contributed by atoms with van der Waals surface area (Å²) in [6.45, 7) is 8.57. The number of halogens is 2. The standard InChI is InChI=1S/C31H37Cl2N3O5S/c1-7-26(30(38)34-31(3,4)5)35(19-22-14-15-24(32)25(33)18-22)29(37)20-36(27-17-21(2)13-16-28(27)41-6)42(39,40)23-11-9-8-10-12-23/h8-18,26H,7,19-20H2,1-6H3,(H,34,38)/t26-/m0/s1. The molecule has 11 heteroatoms. The SMILES string of the molecule is CC[C@@H](C(=O)NC(C)(C)C)N(Cc1ccc(Cl)c(Cl)c1)C(=O)CN(c1cc(C)ccc1OC)S(=O)(=O)c1ccccc1. The molecule has 0 bridgehead atoms. The molecule has 0 spiro atoms. The van der Waals surface area contributed by atoms with Crippen LogP contribution in [0.5, 0.6) is 5.75 Å². The minimum atomic E-state index is -4.23. The van der Waals surface area contributed by atoms with Crippen molar-refractivity contribution in [1.82, 2.24) is 10.2 Å². The summed E-state index contributed by atoms with van der Waals surface area (Å²) in [6.07, 6.45) is 0.286. The Balaban J connectivity index is 2.14. The molecule has 0 fully saturated rings. The summed E-state index contributed by atoms with van der Waals surface area (Å²) in [6, 6.07) is 17.0. The highest BCUT2D eigenvalue weighted by Crippen LogP contribution is 2.34. The number of ether oxygens (including phenoxy) is 1. The Bertz CT molecular complexity index is 1530. The Hall–Kier alpha value is -3.27. The van der Waals surface area contributed by atoms with Crippen molar-refractivity contribution in [2.24, 2.45) is 0 Å². The second-order valence-electron chi connectivity index (χ2n) is 10.9. The number of amides is 2. The summed E-state index contributed by atoms with van der Waals surface area (Å²) in [4.78, 5) is 29.1. The molecular weight excluding hydrogens is 597 g/mol. The maximum Gasteiger partial charge on any atom is 0.264 e. The fraction of sp³-hybridized carbons (Fsp3) is 0.355. The summed E-state index contributed by atoms with van der Waals surface area (Å²) in [7, 11) is -2.80. The van der Waals surface area contributed by atoms with Crippen LogP contribution in [0.4, 0.5) is 5.69 Å². The van der Waals surface area contributed by atoms with Crippen molar-refractivity contribution in [2.75, 3.05) is 18.0 Å². The third kappa shape index (κ3) is 8.18. The van der Waals surface area contributed by atoms with E-state index in [0.717, 1.165) is 9.87 Å². The Morgan fingerprint density at radius 1 is 0.976 bits per heavy atom. The first-order valence-corrected chi connectivity index (χ1v) is 15.7. The number of rotatable bonds is 11. The van der Waals surface area contributed by atoms with Gasteiger partial charge in [0.15, 0.2) is 0 Å². The molecule has 3 rings (SSSR count). The van der Waals surface area contributed by atoms with Crippen LogP contribution in [0, 0.1) is 6.92 Å². The highest BCUT2D eigenvalue weighted by molar-refractivity contribution is 7.92. The number of methoxy groups -OCH3 is 1. The second-order valence-corrected chi connectivity index (χ2v) is 13.6. The third-order valence-corrected chi connectivity index (χ3v) is 8.95. The number of carbonyl (C=O) groups excluding carboxylic acids is 2. The zero-order valence-corrected chi connectivity index (χ0v) is 27.0. The average Bonchev–Trinajstić information content (AvgIpc) is 2.92. The van der Waals surface area contributed by atoms with Crippen LogP contribution in [0.2, 0.25) is 10.0 Å². The van der Waals surface area contributed by atoms with Crippen LogP contribution < -0.4 is 14.4 Å². The minimum absolute atomic E-state index is 0.00400. The van der Waals surface area contributed by atoms with Gasteiger partial charge in [-0.1, -0.05) is 60.5 Å². The quantitative estimate of drug-likeness (QED) is 0.270. The monoisotopic (exact) mass is 633 g/mol. The molecule has 0 aromatic heterocycles. The second kappa shape index (κ2) is 13.8. The Kier molecular flexibility index (Phi) is 10.9. The van der Waals surface area contributed by atoms with Gasteiger partial charge in [0.25, 0.3) is 10.0 Å². The number of sulfonamides is 1. The van der Waals surface area contributed by atoms with Gasteiger partial charge in [-0.25, -0.2) is 8.42 Å².